The molecule has 0 radical (unpaired) electrons. The summed E-state index contributed by atoms with van der Waals surface area (Å²) in [4.78, 5) is 0. The van der Waals surface area contributed by atoms with Crippen molar-refractivity contribution in [1.29, 1.82) is 0 Å². The summed E-state index contributed by atoms with van der Waals surface area (Å²) in [6, 6.07) is 15.7. The highest BCUT2D eigenvalue weighted by atomic mass is 35.5. The number of benzene rings is 2. The fourth-order valence-electron chi connectivity index (χ4n) is 3.40. The highest BCUT2D eigenvalue weighted by Gasteiger charge is 2.21. The molecule has 0 amide bonds. The first-order valence-corrected chi connectivity index (χ1v) is 10.5. The molecule has 0 spiro atoms. The highest BCUT2D eigenvalue weighted by molar-refractivity contribution is 6.30. The van der Waals surface area contributed by atoms with E-state index >= 15 is 0 Å². The maximum absolute atomic E-state index is 5.92. The Morgan fingerprint density at radius 3 is 1.50 bits per heavy atom. The Labute approximate surface area is 177 Å². The van der Waals surface area contributed by atoms with Crippen LogP contribution in [0.25, 0.3) is 0 Å². The molecule has 2 fully saturated rings. The second-order valence-corrected chi connectivity index (χ2v) is 8.17. The Bertz CT molecular complexity index is 695. The van der Waals surface area contributed by atoms with Crippen LogP contribution in [-0.2, 0) is 9.47 Å². The van der Waals surface area contributed by atoms with Gasteiger partial charge in [-0.2, -0.15) is 0 Å². The monoisotopic (exact) mass is 422 g/mol. The number of hydrogen-bond donors (Lipinski definition) is 2. The Morgan fingerprint density at radius 1 is 0.714 bits per heavy atom. The van der Waals surface area contributed by atoms with Gasteiger partial charge < -0.3 is 20.1 Å². The van der Waals surface area contributed by atoms with Gasteiger partial charge in [0.1, 0.15) is 0 Å². The van der Waals surface area contributed by atoms with Gasteiger partial charge >= 0.3 is 0 Å². The van der Waals surface area contributed by atoms with Crippen LogP contribution in [0.2, 0.25) is 10.0 Å². The van der Waals surface area contributed by atoms with Gasteiger partial charge in [-0.1, -0.05) is 47.5 Å². The molecule has 2 aliphatic rings. The predicted molar refractivity (Wildman–Crippen MR) is 115 cm³/mol. The van der Waals surface area contributed by atoms with Gasteiger partial charge in [0, 0.05) is 36.2 Å². The molecule has 6 heteroatoms. The lowest BCUT2D eigenvalue weighted by Gasteiger charge is -2.29. The second kappa shape index (κ2) is 10.6. The maximum atomic E-state index is 5.92. The van der Waals surface area contributed by atoms with Crippen LogP contribution < -0.4 is 10.6 Å². The fourth-order valence-corrected chi connectivity index (χ4v) is 3.79. The van der Waals surface area contributed by atoms with Gasteiger partial charge in [0.05, 0.1) is 24.4 Å². The molecule has 2 N–H and O–H groups in total. The van der Waals surface area contributed by atoms with E-state index in [1.54, 1.807) is 0 Å². The van der Waals surface area contributed by atoms with E-state index in [0.717, 1.165) is 47.4 Å². The van der Waals surface area contributed by atoms with E-state index in [1.165, 1.54) is 0 Å². The Morgan fingerprint density at radius 2 is 1.14 bits per heavy atom. The van der Waals surface area contributed by atoms with Gasteiger partial charge in [-0.05, 0) is 49.2 Å². The first-order chi connectivity index (χ1) is 13.5. The third-order valence-electron chi connectivity index (χ3n) is 4.76. The summed E-state index contributed by atoms with van der Waals surface area (Å²) < 4.78 is 11.6. The molecule has 0 bridgehead atoms. The highest BCUT2D eigenvalue weighted by Crippen LogP contribution is 2.24. The molecule has 2 aliphatic heterocycles. The molecule has 2 aromatic rings. The minimum Gasteiger partial charge on any atom is -0.368 e. The van der Waals surface area contributed by atoms with E-state index in [1.807, 2.05) is 36.4 Å². The minimum atomic E-state index is 0.137. The van der Waals surface area contributed by atoms with Gasteiger partial charge in [0.2, 0.25) is 0 Å². The summed E-state index contributed by atoms with van der Waals surface area (Å²) in [5, 5.41) is 8.20. The van der Waals surface area contributed by atoms with Crippen LogP contribution in [0.4, 0.5) is 0 Å². The average molecular weight is 423 g/mol. The smallest absolute Gasteiger partial charge is 0.0954 e. The van der Waals surface area contributed by atoms with E-state index in [4.69, 9.17) is 32.7 Å². The summed E-state index contributed by atoms with van der Waals surface area (Å²) in [7, 11) is 0. The SMILES string of the molecule is C[C@H]1CNCC(c2cccc(Cl)c2)O1.C[C@H]1CNCC(c2cccc(Cl)c2)O1. The molecule has 2 aromatic carbocycles. The van der Waals surface area contributed by atoms with E-state index < -0.39 is 0 Å². The van der Waals surface area contributed by atoms with E-state index in [0.29, 0.717) is 0 Å². The quantitative estimate of drug-likeness (QED) is 0.730. The minimum absolute atomic E-state index is 0.137. The van der Waals surface area contributed by atoms with Crippen LogP contribution in [0.5, 0.6) is 0 Å². The summed E-state index contributed by atoms with van der Waals surface area (Å²) in [6.07, 6.45) is 0.815. The van der Waals surface area contributed by atoms with Gasteiger partial charge in [-0.25, -0.2) is 0 Å². The van der Waals surface area contributed by atoms with E-state index in [-0.39, 0.29) is 24.4 Å². The zero-order valence-electron chi connectivity index (χ0n) is 16.3. The Kier molecular flexibility index (Phi) is 8.15. The zero-order chi connectivity index (χ0) is 19.9. The molecule has 0 aliphatic carbocycles. The number of hydrogen-bond acceptors (Lipinski definition) is 4. The van der Waals surface area contributed by atoms with Crippen LogP contribution in [-0.4, -0.2) is 38.4 Å². The summed E-state index contributed by atoms with van der Waals surface area (Å²) in [6.45, 7) is 7.73. The van der Waals surface area contributed by atoms with Crippen LogP contribution in [0.3, 0.4) is 0 Å². The molecular formula is C22H28Cl2N2O2. The van der Waals surface area contributed by atoms with Crippen molar-refractivity contribution in [3.05, 3.63) is 69.7 Å². The van der Waals surface area contributed by atoms with Crippen LogP contribution in [0.15, 0.2) is 48.5 Å². The third kappa shape index (κ3) is 6.45. The topological polar surface area (TPSA) is 42.5 Å². The molecule has 152 valence electrons. The number of nitrogens with one attached hydrogen (secondary N) is 2. The van der Waals surface area contributed by atoms with Crippen molar-refractivity contribution in [2.75, 3.05) is 26.2 Å². The van der Waals surface area contributed by atoms with Crippen molar-refractivity contribution in [2.24, 2.45) is 0 Å². The molecule has 0 aromatic heterocycles. The number of morpholine rings is 2. The zero-order valence-corrected chi connectivity index (χ0v) is 17.8. The third-order valence-corrected chi connectivity index (χ3v) is 5.23. The maximum Gasteiger partial charge on any atom is 0.0954 e. The second-order valence-electron chi connectivity index (χ2n) is 7.30. The number of ether oxygens (including phenoxy) is 2. The van der Waals surface area contributed by atoms with Crippen LogP contribution >= 0.6 is 23.2 Å². The van der Waals surface area contributed by atoms with Crippen molar-refractivity contribution >= 4 is 23.2 Å². The Hall–Kier alpha value is -1.14. The molecule has 28 heavy (non-hydrogen) atoms. The molecular weight excluding hydrogens is 395 g/mol. The summed E-state index contributed by atoms with van der Waals surface area (Å²) >= 11 is 11.8. The molecule has 2 saturated heterocycles. The van der Waals surface area contributed by atoms with Gasteiger partial charge in [-0.15, -0.1) is 0 Å². The normalized spacial score (nSPS) is 27.6. The lowest BCUT2D eigenvalue weighted by atomic mass is 10.1. The van der Waals surface area contributed by atoms with Crippen molar-refractivity contribution in [2.45, 2.75) is 38.3 Å². The van der Waals surface area contributed by atoms with Crippen molar-refractivity contribution < 1.29 is 9.47 Å². The lowest BCUT2D eigenvalue weighted by Crippen LogP contribution is -2.38. The van der Waals surface area contributed by atoms with Gasteiger partial charge in [0.15, 0.2) is 0 Å². The summed E-state index contributed by atoms with van der Waals surface area (Å²) in [5.41, 5.74) is 2.30. The van der Waals surface area contributed by atoms with Gasteiger partial charge in [-0.3, -0.25) is 0 Å². The number of rotatable bonds is 2. The Balaban J connectivity index is 0.000000161. The average Bonchev–Trinajstić information content (AvgIpc) is 2.69. The van der Waals surface area contributed by atoms with Crippen molar-refractivity contribution in [1.82, 2.24) is 10.6 Å². The first kappa shape index (κ1) is 21.6. The van der Waals surface area contributed by atoms with Crippen molar-refractivity contribution in [3.8, 4) is 0 Å². The molecule has 2 unspecified atom stereocenters. The number of halogens is 2. The molecule has 0 saturated carbocycles. The summed E-state index contributed by atoms with van der Waals surface area (Å²) in [5.74, 6) is 0. The molecule has 2 heterocycles. The molecule has 4 atom stereocenters. The molecule has 4 rings (SSSR count). The largest absolute Gasteiger partial charge is 0.368 e. The van der Waals surface area contributed by atoms with Crippen LogP contribution in [0, 0.1) is 0 Å². The predicted octanol–water partition coefficient (Wildman–Crippen LogP) is 4.78. The van der Waals surface area contributed by atoms with Crippen molar-refractivity contribution in [3.63, 3.8) is 0 Å². The van der Waals surface area contributed by atoms with E-state index in [2.05, 4.69) is 36.6 Å². The standard InChI is InChI=1S/2C11H14ClNO/c2*1-8-6-13-7-11(14-8)9-3-2-4-10(12)5-9/h2*2-5,8,11,13H,6-7H2,1H3/t2*8-,11?/m00/s1. The van der Waals surface area contributed by atoms with Crippen LogP contribution in [0.1, 0.15) is 37.2 Å². The lowest BCUT2D eigenvalue weighted by molar-refractivity contribution is -0.0288. The fraction of sp³-hybridized carbons (Fsp3) is 0.455. The molecule has 4 nitrogen and oxygen atoms in total. The van der Waals surface area contributed by atoms with E-state index in [9.17, 15) is 0 Å². The first-order valence-electron chi connectivity index (χ1n) is 9.74. The van der Waals surface area contributed by atoms with Gasteiger partial charge in [0.25, 0.3) is 0 Å².